The van der Waals surface area contributed by atoms with Crippen molar-refractivity contribution in [3.05, 3.63) is 49.0 Å². The van der Waals surface area contributed by atoms with E-state index in [2.05, 4.69) is 16.4 Å². The molecule has 0 aromatic carbocycles. The van der Waals surface area contributed by atoms with Gasteiger partial charge in [-0.2, -0.15) is 11.3 Å². The molecule has 3 aromatic heterocycles. The molecule has 0 saturated heterocycles. The number of rotatable bonds is 3. The molecule has 3 rings (SSSR count). The van der Waals surface area contributed by atoms with Crippen molar-refractivity contribution in [2.24, 2.45) is 0 Å². The zero-order valence-corrected chi connectivity index (χ0v) is 12.7. The average molecular weight is 308 g/mol. The summed E-state index contributed by atoms with van der Waals surface area (Å²) in [6.45, 7) is 2.03. The second kappa shape index (κ2) is 5.03. The zero-order valence-electron chi connectivity index (χ0n) is 10.3. The fraction of sp³-hybridized carbons (Fsp3) is 0.231. The molecule has 1 atom stereocenters. The molecule has 3 heterocycles. The highest BCUT2D eigenvalue weighted by molar-refractivity contribution is 7.71. The topological polar surface area (TPSA) is 37.8 Å². The molecule has 0 saturated carbocycles. The van der Waals surface area contributed by atoms with Crippen LogP contribution in [0.2, 0.25) is 0 Å². The molecule has 0 radical (unpaired) electrons. The second-order valence-corrected chi connectivity index (χ2v) is 6.54. The van der Waals surface area contributed by atoms with Crippen LogP contribution in [0.4, 0.5) is 0 Å². The Morgan fingerprint density at radius 1 is 1.42 bits per heavy atom. The molecule has 1 N–H and O–H groups in total. The van der Waals surface area contributed by atoms with Crippen LogP contribution in [0.15, 0.2) is 33.1 Å². The molecular formula is C13H12N2OS3. The number of H-pyrrole nitrogens is 1. The van der Waals surface area contributed by atoms with E-state index in [0.29, 0.717) is 4.77 Å². The summed E-state index contributed by atoms with van der Waals surface area (Å²) in [7, 11) is 0. The molecule has 3 aromatic rings. The molecule has 0 aliphatic heterocycles. The predicted molar refractivity (Wildman–Crippen MR) is 84.0 cm³/mol. The van der Waals surface area contributed by atoms with Crippen molar-refractivity contribution in [3.8, 4) is 0 Å². The lowest BCUT2D eigenvalue weighted by atomic mass is 10.1. The predicted octanol–water partition coefficient (Wildman–Crippen LogP) is 3.99. The van der Waals surface area contributed by atoms with Gasteiger partial charge in [0.2, 0.25) is 0 Å². The van der Waals surface area contributed by atoms with Gasteiger partial charge in [0.15, 0.2) is 4.77 Å². The van der Waals surface area contributed by atoms with Crippen LogP contribution in [-0.2, 0) is 6.42 Å². The number of thiophene rings is 2. The number of hydrogen-bond acceptors (Lipinski definition) is 4. The van der Waals surface area contributed by atoms with Crippen LogP contribution < -0.4 is 5.56 Å². The monoisotopic (exact) mass is 308 g/mol. The van der Waals surface area contributed by atoms with Crippen molar-refractivity contribution < 1.29 is 0 Å². The summed E-state index contributed by atoms with van der Waals surface area (Å²) < 4.78 is 2.93. The van der Waals surface area contributed by atoms with Crippen LogP contribution in [-0.4, -0.2) is 9.55 Å². The van der Waals surface area contributed by atoms with Gasteiger partial charge in [0.05, 0.1) is 5.52 Å². The lowest BCUT2D eigenvalue weighted by Gasteiger charge is -2.14. The van der Waals surface area contributed by atoms with Gasteiger partial charge in [0.25, 0.3) is 5.56 Å². The van der Waals surface area contributed by atoms with E-state index in [4.69, 9.17) is 12.2 Å². The van der Waals surface area contributed by atoms with Gasteiger partial charge in [-0.1, -0.05) is 0 Å². The Hall–Kier alpha value is -1.24. The first-order chi connectivity index (χ1) is 9.16. The Morgan fingerprint density at radius 2 is 2.26 bits per heavy atom. The van der Waals surface area contributed by atoms with Crippen LogP contribution in [0.3, 0.4) is 0 Å². The van der Waals surface area contributed by atoms with Crippen LogP contribution in [0.5, 0.6) is 0 Å². The maximum absolute atomic E-state index is 12.5. The smallest absolute Gasteiger partial charge is 0.272 e. The van der Waals surface area contributed by atoms with Gasteiger partial charge in [0, 0.05) is 6.04 Å². The van der Waals surface area contributed by atoms with Crippen LogP contribution in [0, 0.1) is 4.77 Å². The molecule has 0 spiro atoms. The molecule has 0 aliphatic carbocycles. The normalized spacial score (nSPS) is 12.9. The minimum absolute atomic E-state index is 0.0106. The first kappa shape index (κ1) is 12.8. The first-order valence-corrected chi connectivity index (χ1v) is 8.13. The summed E-state index contributed by atoms with van der Waals surface area (Å²) in [5.41, 5.74) is 2.08. The van der Waals surface area contributed by atoms with E-state index in [0.717, 1.165) is 16.6 Å². The highest BCUT2D eigenvalue weighted by Crippen LogP contribution is 2.18. The lowest BCUT2D eigenvalue weighted by molar-refractivity contribution is 0.517. The number of nitrogens with one attached hydrogen (secondary N) is 1. The standard InChI is InChI=1S/C13H12N2OS3/c1-8(6-9-2-4-18-7-9)15-12(16)11-10(3-5-19-11)14-13(15)17/h2-5,7-8H,6H2,1H3,(H,14,17). The number of aromatic nitrogens is 2. The van der Waals surface area contributed by atoms with Gasteiger partial charge in [-0.05, 0) is 59.4 Å². The summed E-state index contributed by atoms with van der Waals surface area (Å²) in [5, 5.41) is 6.07. The van der Waals surface area contributed by atoms with Crippen molar-refractivity contribution in [2.75, 3.05) is 0 Å². The van der Waals surface area contributed by atoms with Crippen molar-refractivity contribution in [1.29, 1.82) is 0 Å². The minimum atomic E-state index is 0.0106. The Morgan fingerprint density at radius 3 is 3.00 bits per heavy atom. The van der Waals surface area contributed by atoms with Gasteiger partial charge in [-0.15, -0.1) is 11.3 Å². The molecule has 0 amide bonds. The molecule has 6 heteroatoms. The fourth-order valence-electron chi connectivity index (χ4n) is 2.19. The van der Waals surface area contributed by atoms with Gasteiger partial charge >= 0.3 is 0 Å². The Kier molecular flexibility index (Phi) is 3.38. The van der Waals surface area contributed by atoms with E-state index < -0.39 is 0 Å². The third-order valence-electron chi connectivity index (χ3n) is 3.09. The summed E-state index contributed by atoms with van der Waals surface area (Å²) in [4.78, 5) is 15.6. The maximum atomic E-state index is 12.5. The van der Waals surface area contributed by atoms with Crippen molar-refractivity contribution >= 4 is 45.1 Å². The van der Waals surface area contributed by atoms with Crippen LogP contribution in [0.25, 0.3) is 10.2 Å². The summed E-state index contributed by atoms with van der Waals surface area (Å²) in [6, 6.07) is 4.03. The number of aromatic amines is 1. The second-order valence-electron chi connectivity index (χ2n) is 4.45. The zero-order chi connectivity index (χ0) is 13.4. The van der Waals surface area contributed by atoms with Gasteiger partial charge in [-0.3, -0.25) is 9.36 Å². The lowest BCUT2D eigenvalue weighted by Crippen LogP contribution is -2.25. The third-order valence-corrected chi connectivity index (χ3v) is 5.02. The number of hydrogen-bond donors (Lipinski definition) is 1. The molecule has 0 bridgehead atoms. The van der Waals surface area contributed by atoms with E-state index in [1.807, 2.05) is 23.8 Å². The van der Waals surface area contributed by atoms with Gasteiger partial charge in [-0.25, -0.2) is 0 Å². The van der Waals surface area contributed by atoms with E-state index in [9.17, 15) is 4.79 Å². The molecular weight excluding hydrogens is 296 g/mol. The summed E-state index contributed by atoms with van der Waals surface area (Å²) in [6.07, 6.45) is 0.817. The van der Waals surface area contributed by atoms with Gasteiger partial charge < -0.3 is 4.98 Å². The molecule has 0 fully saturated rings. The van der Waals surface area contributed by atoms with Crippen LogP contribution >= 0.6 is 34.9 Å². The Balaban J connectivity index is 2.09. The molecule has 98 valence electrons. The highest BCUT2D eigenvalue weighted by Gasteiger charge is 2.13. The average Bonchev–Trinajstić information content (AvgIpc) is 2.99. The van der Waals surface area contributed by atoms with Crippen molar-refractivity contribution in [2.45, 2.75) is 19.4 Å². The fourth-order valence-corrected chi connectivity index (χ4v) is 4.03. The minimum Gasteiger partial charge on any atom is -0.331 e. The van der Waals surface area contributed by atoms with E-state index in [1.54, 1.807) is 15.9 Å². The third kappa shape index (κ3) is 2.31. The highest BCUT2D eigenvalue weighted by atomic mass is 32.1. The molecule has 19 heavy (non-hydrogen) atoms. The molecule has 0 aliphatic rings. The summed E-state index contributed by atoms with van der Waals surface area (Å²) in [5.74, 6) is 0. The number of nitrogens with zero attached hydrogens (tertiary/aromatic N) is 1. The van der Waals surface area contributed by atoms with Gasteiger partial charge in [0.1, 0.15) is 4.70 Å². The largest absolute Gasteiger partial charge is 0.331 e. The Labute approximate surface area is 123 Å². The number of fused-ring (bicyclic) bond motifs is 1. The molecule has 1 unspecified atom stereocenters. The van der Waals surface area contributed by atoms with E-state index in [1.165, 1.54) is 16.9 Å². The van der Waals surface area contributed by atoms with E-state index >= 15 is 0 Å². The SMILES string of the molecule is CC(Cc1ccsc1)n1c(=S)[nH]c2ccsc2c1=O. The van der Waals surface area contributed by atoms with Crippen LogP contribution in [0.1, 0.15) is 18.5 Å². The van der Waals surface area contributed by atoms with Crippen molar-refractivity contribution in [1.82, 2.24) is 9.55 Å². The maximum Gasteiger partial charge on any atom is 0.272 e. The first-order valence-electron chi connectivity index (χ1n) is 5.90. The van der Waals surface area contributed by atoms with E-state index in [-0.39, 0.29) is 11.6 Å². The Bertz CT molecular complexity index is 810. The quantitative estimate of drug-likeness (QED) is 0.743. The molecule has 3 nitrogen and oxygen atoms in total. The summed E-state index contributed by atoms with van der Waals surface area (Å²) >= 11 is 8.44. The van der Waals surface area contributed by atoms with Crippen molar-refractivity contribution in [3.63, 3.8) is 0 Å².